The van der Waals surface area contributed by atoms with Crippen LogP contribution < -0.4 is 11.1 Å². The molecule has 0 fully saturated rings. The first-order chi connectivity index (χ1) is 5.91. The number of aldehydes is 1. The number of hydrogen-bond donors (Lipinski definition) is 2. The standard InChI is InChI=1S/C9H18N2O/c10-6-2-1-3-7-11-8-4-5-9-12/h4-5,9,11H,1-3,6-8,10H2/b5-4-. The van der Waals surface area contributed by atoms with Gasteiger partial charge in [-0.1, -0.05) is 12.5 Å². The molecule has 0 spiro atoms. The molecule has 3 heteroatoms. The minimum absolute atomic E-state index is 0.779. The van der Waals surface area contributed by atoms with Gasteiger partial charge in [0, 0.05) is 6.54 Å². The van der Waals surface area contributed by atoms with Crippen LogP contribution in [0.1, 0.15) is 19.3 Å². The van der Waals surface area contributed by atoms with Crippen molar-refractivity contribution in [1.82, 2.24) is 5.32 Å². The third-order valence-electron chi connectivity index (χ3n) is 1.53. The van der Waals surface area contributed by atoms with Crippen molar-refractivity contribution in [3.8, 4) is 0 Å². The van der Waals surface area contributed by atoms with E-state index in [1.165, 1.54) is 12.5 Å². The predicted octanol–water partition coefficient (Wildman–Crippen LogP) is 0.460. The first-order valence-electron chi connectivity index (χ1n) is 4.43. The van der Waals surface area contributed by atoms with Crippen molar-refractivity contribution in [3.63, 3.8) is 0 Å². The summed E-state index contributed by atoms with van der Waals surface area (Å²) < 4.78 is 0. The fourth-order valence-electron chi connectivity index (χ4n) is 0.880. The lowest BCUT2D eigenvalue weighted by Crippen LogP contribution is -2.15. The van der Waals surface area contributed by atoms with Gasteiger partial charge >= 0.3 is 0 Å². The SMILES string of the molecule is NCCCCCNC/C=C\C=O. The van der Waals surface area contributed by atoms with E-state index in [4.69, 9.17) is 5.73 Å². The maximum atomic E-state index is 9.85. The molecule has 12 heavy (non-hydrogen) atoms. The highest BCUT2D eigenvalue weighted by molar-refractivity contribution is 5.64. The first-order valence-corrected chi connectivity index (χ1v) is 4.43. The van der Waals surface area contributed by atoms with Crippen LogP contribution in [0, 0.1) is 0 Å². The number of nitrogens with two attached hydrogens (primary N) is 1. The first kappa shape index (κ1) is 11.3. The molecule has 0 unspecified atom stereocenters. The summed E-state index contributed by atoms with van der Waals surface area (Å²) in [7, 11) is 0. The van der Waals surface area contributed by atoms with Gasteiger partial charge < -0.3 is 11.1 Å². The zero-order valence-electron chi connectivity index (χ0n) is 7.46. The molecule has 3 N–H and O–H groups in total. The smallest absolute Gasteiger partial charge is 0.142 e. The molecule has 0 saturated heterocycles. The Balaban J connectivity index is 2.90. The van der Waals surface area contributed by atoms with Gasteiger partial charge in [0.1, 0.15) is 6.29 Å². The Bertz CT molecular complexity index is 124. The molecule has 0 aliphatic heterocycles. The zero-order chi connectivity index (χ0) is 9.07. The molecule has 0 aliphatic carbocycles. The second kappa shape index (κ2) is 10.3. The van der Waals surface area contributed by atoms with Gasteiger partial charge in [-0.05, 0) is 32.0 Å². The lowest BCUT2D eigenvalue weighted by atomic mass is 10.2. The third kappa shape index (κ3) is 9.33. The number of carbonyl (C=O) groups is 1. The van der Waals surface area contributed by atoms with Crippen LogP contribution in [0.25, 0.3) is 0 Å². The predicted molar refractivity (Wildman–Crippen MR) is 51.0 cm³/mol. The summed E-state index contributed by atoms with van der Waals surface area (Å²) >= 11 is 0. The van der Waals surface area contributed by atoms with E-state index in [9.17, 15) is 4.79 Å². The Morgan fingerprint density at radius 1 is 1.25 bits per heavy atom. The molecule has 0 radical (unpaired) electrons. The molecular weight excluding hydrogens is 152 g/mol. The second-order valence-electron chi connectivity index (χ2n) is 2.62. The minimum atomic E-state index is 0.779. The third-order valence-corrected chi connectivity index (χ3v) is 1.53. The summed E-state index contributed by atoms with van der Waals surface area (Å²) in [6.07, 6.45) is 7.55. The van der Waals surface area contributed by atoms with Crippen LogP contribution >= 0.6 is 0 Å². The minimum Gasteiger partial charge on any atom is -0.330 e. The average Bonchev–Trinajstić information content (AvgIpc) is 2.10. The lowest BCUT2D eigenvalue weighted by Gasteiger charge is -1.99. The van der Waals surface area contributed by atoms with Gasteiger partial charge in [-0.25, -0.2) is 0 Å². The molecule has 3 nitrogen and oxygen atoms in total. The van der Waals surface area contributed by atoms with Gasteiger partial charge in [-0.3, -0.25) is 4.79 Å². The molecular formula is C9H18N2O. The van der Waals surface area contributed by atoms with E-state index >= 15 is 0 Å². The van der Waals surface area contributed by atoms with Crippen molar-refractivity contribution in [2.75, 3.05) is 19.6 Å². The van der Waals surface area contributed by atoms with Gasteiger partial charge in [0.2, 0.25) is 0 Å². The average molecular weight is 170 g/mol. The van der Waals surface area contributed by atoms with Gasteiger partial charge in [0.05, 0.1) is 0 Å². The molecule has 0 heterocycles. The molecule has 0 aromatic carbocycles. The van der Waals surface area contributed by atoms with Crippen LogP contribution in [0.5, 0.6) is 0 Å². The van der Waals surface area contributed by atoms with Crippen molar-refractivity contribution in [3.05, 3.63) is 12.2 Å². The summed E-state index contributed by atoms with van der Waals surface area (Å²) in [5.74, 6) is 0. The highest BCUT2D eigenvalue weighted by atomic mass is 16.1. The highest BCUT2D eigenvalue weighted by Crippen LogP contribution is 1.90. The Morgan fingerprint density at radius 2 is 2.08 bits per heavy atom. The summed E-state index contributed by atoms with van der Waals surface area (Å²) in [4.78, 5) is 9.85. The van der Waals surface area contributed by atoms with Crippen molar-refractivity contribution >= 4 is 6.29 Å². The van der Waals surface area contributed by atoms with Crippen molar-refractivity contribution in [2.24, 2.45) is 5.73 Å². The lowest BCUT2D eigenvalue weighted by molar-refractivity contribution is -0.104. The van der Waals surface area contributed by atoms with E-state index in [-0.39, 0.29) is 0 Å². The van der Waals surface area contributed by atoms with Gasteiger partial charge in [-0.15, -0.1) is 0 Å². The van der Waals surface area contributed by atoms with E-state index in [1.807, 2.05) is 6.08 Å². The van der Waals surface area contributed by atoms with Crippen LogP contribution in [0.15, 0.2) is 12.2 Å². The number of hydrogen-bond acceptors (Lipinski definition) is 3. The number of rotatable bonds is 8. The van der Waals surface area contributed by atoms with E-state index in [1.54, 1.807) is 0 Å². The summed E-state index contributed by atoms with van der Waals surface area (Å²) in [6.45, 7) is 2.57. The summed E-state index contributed by atoms with van der Waals surface area (Å²) in [5.41, 5.74) is 5.34. The number of nitrogens with one attached hydrogen (secondary N) is 1. The van der Waals surface area contributed by atoms with Crippen molar-refractivity contribution < 1.29 is 4.79 Å². The van der Waals surface area contributed by atoms with Gasteiger partial charge in [-0.2, -0.15) is 0 Å². The number of carbonyl (C=O) groups excluding carboxylic acids is 1. The maximum Gasteiger partial charge on any atom is 0.142 e. The fraction of sp³-hybridized carbons (Fsp3) is 0.667. The molecule has 0 bridgehead atoms. The van der Waals surface area contributed by atoms with Crippen molar-refractivity contribution in [1.29, 1.82) is 0 Å². The molecule has 0 atom stereocenters. The number of unbranched alkanes of at least 4 members (excludes halogenated alkanes) is 2. The topological polar surface area (TPSA) is 55.1 Å². The molecule has 0 saturated carbocycles. The quantitative estimate of drug-likeness (QED) is 0.316. The second-order valence-corrected chi connectivity index (χ2v) is 2.62. The van der Waals surface area contributed by atoms with Crippen molar-refractivity contribution in [2.45, 2.75) is 19.3 Å². The Labute approximate surface area is 74.0 Å². The summed E-state index contributed by atoms with van der Waals surface area (Å²) in [6, 6.07) is 0. The van der Waals surface area contributed by atoms with Crippen LogP contribution in [0.2, 0.25) is 0 Å². The van der Waals surface area contributed by atoms with E-state index < -0.39 is 0 Å². The van der Waals surface area contributed by atoms with E-state index in [0.717, 1.165) is 38.8 Å². The van der Waals surface area contributed by atoms with Gasteiger partial charge in [0.15, 0.2) is 0 Å². The van der Waals surface area contributed by atoms with Crippen LogP contribution in [0.3, 0.4) is 0 Å². The van der Waals surface area contributed by atoms with E-state index in [2.05, 4.69) is 5.32 Å². The summed E-state index contributed by atoms with van der Waals surface area (Å²) in [5, 5.41) is 3.19. The highest BCUT2D eigenvalue weighted by Gasteiger charge is 1.85. The Hall–Kier alpha value is -0.670. The normalized spacial score (nSPS) is 10.8. The molecule has 0 aromatic rings. The fourth-order valence-corrected chi connectivity index (χ4v) is 0.880. The van der Waals surface area contributed by atoms with Gasteiger partial charge in [0.25, 0.3) is 0 Å². The Morgan fingerprint density at radius 3 is 2.75 bits per heavy atom. The van der Waals surface area contributed by atoms with E-state index in [0.29, 0.717) is 0 Å². The molecule has 0 rings (SSSR count). The molecule has 0 aromatic heterocycles. The maximum absolute atomic E-state index is 9.85. The van der Waals surface area contributed by atoms with Crippen LogP contribution in [0.4, 0.5) is 0 Å². The van der Waals surface area contributed by atoms with Crippen LogP contribution in [-0.2, 0) is 4.79 Å². The molecule has 0 aliphatic rings. The Kier molecular flexibility index (Phi) is 9.75. The monoisotopic (exact) mass is 170 g/mol. The number of allylic oxidation sites excluding steroid dienone is 1. The largest absolute Gasteiger partial charge is 0.330 e. The van der Waals surface area contributed by atoms with Crippen LogP contribution in [-0.4, -0.2) is 25.9 Å². The molecule has 0 amide bonds. The zero-order valence-corrected chi connectivity index (χ0v) is 7.46. The molecule has 70 valence electrons.